The SMILES string of the molecule is Cc1noc(CN2CC(O)C(Cc3ccnc4ccccc34)C2)n1. The van der Waals surface area contributed by atoms with E-state index >= 15 is 0 Å². The van der Waals surface area contributed by atoms with Gasteiger partial charge in [-0.05, 0) is 31.0 Å². The molecule has 0 amide bonds. The van der Waals surface area contributed by atoms with Crippen LogP contribution >= 0.6 is 0 Å². The quantitative estimate of drug-likeness (QED) is 0.791. The maximum Gasteiger partial charge on any atom is 0.240 e. The first kappa shape index (κ1) is 15.2. The van der Waals surface area contributed by atoms with Crippen LogP contribution in [0.2, 0.25) is 0 Å². The van der Waals surface area contributed by atoms with Crippen molar-refractivity contribution in [1.82, 2.24) is 20.0 Å². The Morgan fingerprint density at radius 3 is 2.96 bits per heavy atom. The van der Waals surface area contributed by atoms with Crippen molar-refractivity contribution in [3.8, 4) is 0 Å². The average molecular weight is 324 g/mol. The maximum absolute atomic E-state index is 10.5. The van der Waals surface area contributed by atoms with Crippen LogP contribution in [0.3, 0.4) is 0 Å². The molecule has 1 aliphatic rings. The zero-order valence-electron chi connectivity index (χ0n) is 13.6. The van der Waals surface area contributed by atoms with Crippen molar-refractivity contribution < 1.29 is 9.63 Å². The largest absolute Gasteiger partial charge is 0.391 e. The molecule has 2 atom stereocenters. The predicted molar refractivity (Wildman–Crippen MR) is 89.3 cm³/mol. The lowest BCUT2D eigenvalue weighted by Gasteiger charge is -2.15. The Hall–Kier alpha value is -2.31. The summed E-state index contributed by atoms with van der Waals surface area (Å²) in [4.78, 5) is 10.8. The number of fused-ring (bicyclic) bond motifs is 1. The number of hydrogen-bond donors (Lipinski definition) is 1. The number of aliphatic hydroxyl groups is 1. The van der Waals surface area contributed by atoms with E-state index in [-0.39, 0.29) is 12.0 Å². The molecule has 1 saturated heterocycles. The number of hydrogen-bond acceptors (Lipinski definition) is 6. The molecular weight excluding hydrogens is 304 g/mol. The average Bonchev–Trinajstić information content (AvgIpc) is 3.14. The lowest BCUT2D eigenvalue weighted by molar-refractivity contribution is 0.139. The molecule has 124 valence electrons. The Morgan fingerprint density at radius 2 is 2.12 bits per heavy atom. The molecule has 1 aromatic carbocycles. The molecule has 0 aliphatic carbocycles. The third-order valence-corrected chi connectivity index (χ3v) is 4.63. The highest BCUT2D eigenvalue weighted by molar-refractivity contribution is 5.81. The zero-order chi connectivity index (χ0) is 16.5. The maximum atomic E-state index is 10.5. The van der Waals surface area contributed by atoms with Crippen molar-refractivity contribution in [3.63, 3.8) is 0 Å². The molecule has 1 aliphatic heterocycles. The number of para-hydroxylation sites is 1. The number of aliphatic hydroxyl groups excluding tert-OH is 1. The molecule has 3 heterocycles. The molecule has 2 aromatic heterocycles. The van der Waals surface area contributed by atoms with Crippen LogP contribution in [-0.2, 0) is 13.0 Å². The van der Waals surface area contributed by atoms with E-state index in [2.05, 4.69) is 32.2 Å². The van der Waals surface area contributed by atoms with Gasteiger partial charge >= 0.3 is 0 Å². The summed E-state index contributed by atoms with van der Waals surface area (Å²) in [6.07, 6.45) is 2.34. The fourth-order valence-electron chi connectivity index (χ4n) is 3.48. The Bertz CT molecular complexity index is 842. The van der Waals surface area contributed by atoms with E-state index in [9.17, 15) is 5.11 Å². The first-order valence-corrected chi connectivity index (χ1v) is 8.21. The molecule has 0 saturated carbocycles. The van der Waals surface area contributed by atoms with E-state index in [0.717, 1.165) is 23.9 Å². The van der Waals surface area contributed by atoms with Crippen molar-refractivity contribution in [2.24, 2.45) is 5.92 Å². The van der Waals surface area contributed by atoms with Gasteiger partial charge < -0.3 is 9.63 Å². The summed E-state index contributed by atoms with van der Waals surface area (Å²) in [5, 5.41) is 15.4. The minimum Gasteiger partial charge on any atom is -0.391 e. The zero-order valence-corrected chi connectivity index (χ0v) is 13.6. The smallest absolute Gasteiger partial charge is 0.240 e. The normalized spacial score (nSPS) is 21.6. The number of rotatable bonds is 4. The number of aryl methyl sites for hydroxylation is 1. The number of nitrogens with zero attached hydrogens (tertiary/aromatic N) is 4. The van der Waals surface area contributed by atoms with E-state index in [0.29, 0.717) is 24.8 Å². The van der Waals surface area contributed by atoms with E-state index in [1.54, 1.807) is 0 Å². The number of benzene rings is 1. The summed E-state index contributed by atoms with van der Waals surface area (Å²) < 4.78 is 5.18. The van der Waals surface area contributed by atoms with Crippen molar-refractivity contribution in [3.05, 3.63) is 53.8 Å². The molecule has 0 bridgehead atoms. The molecular formula is C18H20N4O2. The summed E-state index contributed by atoms with van der Waals surface area (Å²) in [5.41, 5.74) is 2.24. The monoisotopic (exact) mass is 324 g/mol. The fourth-order valence-corrected chi connectivity index (χ4v) is 3.48. The molecule has 6 heteroatoms. The molecule has 1 N–H and O–H groups in total. The van der Waals surface area contributed by atoms with Crippen molar-refractivity contribution >= 4 is 10.9 Å². The van der Waals surface area contributed by atoms with Gasteiger partial charge in [0.2, 0.25) is 5.89 Å². The number of likely N-dealkylation sites (tertiary alicyclic amines) is 1. The van der Waals surface area contributed by atoms with Crippen molar-refractivity contribution in [2.45, 2.75) is 26.0 Å². The summed E-state index contributed by atoms with van der Waals surface area (Å²) in [5.74, 6) is 1.44. The molecule has 3 aromatic rings. The third kappa shape index (κ3) is 3.02. The van der Waals surface area contributed by atoms with Crippen LogP contribution in [0.5, 0.6) is 0 Å². The highest BCUT2D eigenvalue weighted by Gasteiger charge is 2.32. The van der Waals surface area contributed by atoms with Gasteiger partial charge in [0.25, 0.3) is 0 Å². The van der Waals surface area contributed by atoms with Gasteiger partial charge in [0.05, 0.1) is 18.2 Å². The highest BCUT2D eigenvalue weighted by atomic mass is 16.5. The second-order valence-electron chi connectivity index (χ2n) is 6.45. The Morgan fingerprint density at radius 1 is 1.25 bits per heavy atom. The van der Waals surface area contributed by atoms with Gasteiger partial charge in [-0.15, -0.1) is 0 Å². The van der Waals surface area contributed by atoms with Gasteiger partial charge in [0, 0.05) is 30.6 Å². The summed E-state index contributed by atoms with van der Waals surface area (Å²) in [6.45, 7) is 3.85. The van der Waals surface area contributed by atoms with Gasteiger partial charge in [-0.2, -0.15) is 4.98 Å². The van der Waals surface area contributed by atoms with Crippen LogP contribution in [-0.4, -0.2) is 44.3 Å². The van der Waals surface area contributed by atoms with Crippen LogP contribution in [0.1, 0.15) is 17.3 Å². The second kappa shape index (κ2) is 6.30. The lowest BCUT2D eigenvalue weighted by Crippen LogP contribution is -2.21. The third-order valence-electron chi connectivity index (χ3n) is 4.63. The van der Waals surface area contributed by atoms with Gasteiger partial charge in [-0.1, -0.05) is 23.4 Å². The molecule has 4 rings (SSSR count). The first-order chi connectivity index (χ1) is 11.7. The van der Waals surface area contributed by atoms with Gasteiger partial charge in [0.15, 0.2) is 5.82 Å². The standard InChI is InChI=1S/C18H20N4O2/c1-12-20-18(24-21-12)11-22-9-14(17(23)10-22)8-13-6-7-19-16-5-3-2-4-15(13)16/h2-7,14,17,23H,8-11H2,1H3. The Kier molecular flexibility index (Phi) is 4.00. The van der Waals surface area contributed by atoms with Gasteiger partial charge in [-0.3, -0.25) is 9.88 Å². The number of β-amino-alcohol motifs (C(OH)–C–C–N with tert-alkyl or cyclic N) is 1. The van der Waals surface area contributed by atoms with E-state index in [1.165, 1.54) is 5.56 Å². The van der Waals surface area contributed by atoms with Crippen molar-refractivity contribution in [2.75, 3.05) is 13.1 Å². The Labute approximate surface area is 140 Å². The molecule has 0 spiro atoms. The second-order valence-corrected chi connectivity index (χ2v) is 6.45. The highest BCUT2D eigenvalue weighted by Crippen LogP contribution is 2.26. The minimum absolute atomic E-state index is 0.194. The van der Waals surface area contributed by atoms with Crippen molar-refractivity contribution in [1.29, 1.82) is 0 Å². The molecule has 24 heavy (non-hydrogen) atoms. The van der Waals surface area contributed by atoms with Crippen LogP contribution in [0.25, 0.3) is 10.9 Å². The van der Waals surface area contributed by atoms with E-state index in [1.807, 2.05) is 31.3 Å². The van der Waals surface area contributed by atoms with Gasteiger partial charge in [-0.25, -0.2) is 0 Å². The van der Waals surface area contributed by atoms with Crippen LogP contribution in [0.4, 0.5) is 0 Å². The topological polar surface area (TPSA) is 75.3 Å². The molecule has 0 radical (unpaired) electrons. The van der Waals surface area contributed by atoms with Gasteiger partial charge in [0.1, 0.15) is 0 Å². The number of aromatic nitrogens is 3. The van der Waals surface area contributed by atoms with Crippen LogP contribution < -0.4 is 0 Å². The molecule has 6 nitrogen and oxygen atoms in total. The van der Waals surface area contributed by atoms with Crippen LogP contribution in [0.15, 0.2) is 41.1 Å². The number of pyridine rings is 1. The Balaban J connectivity index is 1.48. The summed E-state index contributed by atoms with van der Waals surface area (Å²) in [7, 11) is 0. The fraction of sp³-hybridized carbons (Fsp3) is 0.389. The predicted octanol–water partition coefficient (Wildman–Crippen LogP) is 1.96. The first-order valence-electron chi connectivity index (χ1n) is 8.21. The summed E-state index contributed by atoms with van der Waals surface area (Å²) >= 11 is 0. The molecule has 1 fully saturated rings. The van der Waals surface area contributed by atoms with E-state index < -0.39 is 0 Å². The minimum atomic E-state index is -0.346. The van der Waals surface area contributed by atoms with Crippen LogP contribution in [0, 0.1) is 12.8 Å². The summed E-state index contributed by atoms with van der Waals surface area (Å²) in [6, 6.07) is 10.2. The molecule has 2 unspecified atom stereocenters. The van der Waals surface area contributed by atoms with E-state index in [4.69, 9.17) is 4.52 Å². The lowest BCUT2D eigenvalue weighted by atomic mass is 9.94.